The van der Waals surface area contributed by atoms with Crippen molar-refractivity contribution in [2.45, 2.75) is 45.1 Å². The molecule has 2 unspecified atom stereocenters. The number of hydrogen-bond donors (Lipinski definition) is 2. The van der Waals surface area contributed by atoms with Crippen molar-refractivity contribution in [3.05, 3.63) is 24.3 Å². The van der Waals surface area contributed by atoms with Crippen LogP contribution < -0.4 is 0 Å². The molecule has 0 aromatic heterocycles. The predicted octanol–water partition coefficient (Wildman–Crippen LogP) is 2.84. The first-order valence-corrected chi connectivity index (χ1v) is 7.82. The van der Waals surface area contributed by atoms with Crippen molar-refractivity contribution in [3.63, 3.8) is 0 Å². The maximum Gasteiger partial charge on any atom is 0.313 e. The molecule has 0 spiro atoms. The minimum Gasteiger partial charge on any atom is -0.481 e. The van der Waals surface area contributed by atoms with Gasteiger partial charge in [0.2, 0.25) is 0 Å². The fraction of sp³-hybridized carbons (Fsp3) is 0.706. The van der Waals surface area contributed by atoms with Crippen LogP contribution in [0.2, 0.25) is 0 Å². The van der Waals surface area contributed by atoms with Crippen molar-refractivity contribution in [2.24, 2.45) is 5.92 Å². The summed E-state index contributed by atoms with van der Waals surface area (Å²) in [7, 11) is 5.80. The van der Waals surface area contributed by atoms with E-state index in [4.69, 9.17) is 0 Å². The van der Waals surface area contributed by atoms with Crippen molar-refractivity contribution in [1.82, 2.24) is 0 Å². The van der Waals surface area contributed by atoms with Gasteiger partial charge in [0.25, 0.3) is 0 Å². The number of carboxylic acids is 1. The van der Waals surface area contributed by atoms with E-state index in [1.807, 2.05) is 27.2 Å². The Hall–Kier alpha value is -1.13. The van der Waals surface area contributed by atoms with E-state index in [0.717, 1.165) is 6.42 Å². The number of likely N-dealkylation sites (N-methyl/N-ethyl adjacent to an activating group) is 1. The molecular weight excluding hydrogens is 266 g/mol. The highest BCUT2D eigenvalue weighted by atomic mass is 16.4. The van der Waals surface area contributed by atoms with Gasteiger partial charge in [0, 0.05) is 0 Å². The van der Waals surface area contributed by atoms with Gasteiger partial charge in [-0.15, -0.1) is 0 Å². The summed E-state index contributed by atoms with van der Waals surface area (Å²) >= 11 is 0. The summed E-state index contributed by atoms with van der Waals surface area (Å²) in [5.74, 6) is -1.84. The molecule has 0 saturated carbocycles. The highest BCUT2D eigenvalue weighted by Gasteiger charge is 2.28. The Labute approximate surface area is 129 Å². The normalized spacial score (nSPS) is 15.7. The molecule has 0 rings (SSSR count). The summed E-state index contributed by atoms with van der Waals surface area (Å²) in [5.41, 5.74) is 0. The van der Waals surface area contributed by atoms with Crippen molar-refractivity contribution in [2.75, 3.05) is 27.7 Å². The molecule has 0 radical (unpaired) electrons. The first kappa shape index (κ1) is 19.9. The number of aliphatic hydroxyl groups is 1. The number of rotatable bonds is 11. The number of hydrogen-bond acceptors (Lipinski definition) is 2. The SMILES string of the molecule is CCCCCCC=CC=CC(C(=O)O)C(O)C[N+](C)(C)C. The van der Waals surface area contributed by atoms with Crippen LogP contribution in [0.25, 0.3) is 0 Å². The third kappa shape index (κ3) is 11.2. The molecule has 2 N–H and O–H groups in total. The molecule has 21 heavy (non-hydrogen) atoms. The molecule has 0 aliphatic heterocycles. The Kier molecular flexibility index (Phi) is 10.0. The molecule has 0 heterocycles. The molecule has 2 atom stereocenters. The topological polar surface area (TPSA) is 57.5 Å². The van der Waals surface area contributed by atoms with E-state index >= 15 is 0 Å². The van der Waals surface area contributed by atoms with E-state index in [1.165, 1.54) is 25.7 Å². The number of allylic oxidation sites excluding steroid dienone is 3. The smallest absolute Gasteiger partial charge is 0.313 e. The van der Waals surface area contributed by atoms with Gasteiger partial charge in [-0.05, 0) is 12.8 Å². The summed E-state index contributed by atoms with van der Waals surface area (Å²) in [6.45, 7) is 2.59. The fourth-order valence-electron chi connectivity index (χ4n) is 2.10. The molecule has 122 valence electrons. The van der Waals surface area contributed by atoms with Crippen LogP contribution in [0.4, 0.5) is 0 Å². The Morgan fingerprint density at radius 2 is 1.81 bits per heavy atom. The van der Waals surface area contributed by atoms with E-state index in [1.54, 1.807) is 12.2 Å². The number of quaternary nitrogens is 1. The lowest BCUT2D eigenvalue weighted by molar-refractivity contribution is -0.873. The number of unbranched alkanes of at least 4 members (excludes halogenated alkanes) is 4. The summed E-state index contributed by atoms with van der Waals surface area (Å²) in [5, 5.41) is 19.2. The van der Waals surface area contributed by atoms with E-state index in [0.29, 0.717) is 11.0 Å². The van der Waals surface area contributed by atoms with Gasteiger partial charge in [0.15, 0.2) is 0 Å². The molecule has 0 fully saturated rings. The van der Waals surface area contributed by atoms with Crippen LogP contribution in [0.1, 0.15) is 39.0 Å². The lowest BCUT2D eigenvalue weighted by atomic mass is 10.0. The Balaban J connectivity index is 4.28. The van der Waals surface area contributed by atoms with Gasteiger partial charge in [-0.2, -0.15) is 0 Å². The van der Waals surface area contributed by atoms with Crippen molar-refractivity contribution in [1.29, 1.82) is 0 Å². The summed E-state index contributed by atoms with van der Waals surface area (Å²) in [4.78, 5) is 11.2. The Morgan fingerprint density at radius 1 is 1.14 bits per heavy atom. The van der Waals surface area contributed by atoms with E-state index in [2.05, 4.69) is 13.0 Å². The molecular formula is C17H32NO3+. The third-order valence-corrected chi connectivity index (χ3v) is 3.22. The first-order chi connectivity index (χ1) is 9.78. The lowest BCUT2D eigenvalue weighted by Gasteiger charge is -2.28. The Bertz CT molecular complexity index is 342. The fourth-order valence-corrected chi connectivity index (χ4v) is 2.10. The van der Waals surface area contributed by atoms with Gasteiger partial charge in [0.05, 0.1) is 21.1 Å². The molecule has 0 aliphatic carbocycles. The quantitative estimate of drug-likeness (QED) is 0.350. The summed E-state index contributed by atoms with van der Waals surface area (Å²) in [6.07, 6.45) is 12.3. The zero-order valence-corrected chi connectivity index (χ0v) is 14.0. The standard InChI is InChI=1S/C17H31NO3/c1-5-6-7-8-9-10-11-12-13-15(17(20)21)16(19)14-18(2,3)4/h10-13,15-16,19H,5-9,14H2,1-4H3/p+1. The maximum atomic E-state index is 11.2. The molecule has 0 aromatic carbocycles. The maximum absolute atomic E-state index is 11.2. The van der Waals surface area contributed by atoms with Crippen LogP contribution in [0, 0.1) is 5.92 Å². The van der Waals surface area contributed by atoms with E-state index < -0.39 is 18.0 Å². The van der Waals surface area contributed by atoms with Crippen molar-refractivity contribution < 1.29 is 19.5 Å². The van der Waals surface area contributed by atoms with Crippen molar-refractivity contribution in [3.8, 4) is 0 Å². The van der Waals surface area contributed by atoms with Gasteiger partial charge >= 0.3 is 5.97 Å². The van der Waals surface area contributed by atoms with Crippen LogP contribution in [0.3, 0.4) is 0 Å². The van der Waals surface area contributed by atoms with Gasteiger partial charge in [-0.3, -0.25) is 4.79 Å². The van der Waals surface area contributed by atoms with Gasteiger partial charge < -0.3 is 14.7 Å². The van der Waals surface area contributed by atoms with Crippen LogP contribution >= 0.6 is 0 Å². The monoisotopic (exact) mass is 298 g/mol. The largest absolute Gasteiger partial charge is 0.481 e. The predicted molar refractivity (Wildman–Crippen MR) is 87.1 cm³/mol. The zero-order chi connectivity index (χ0) is 16.3. The minimum absolute atomic E-state index is 0.405. The number of carboxylic acid groups (broad SMARTS) is 1. The first-order valence-electron chi connectivity index (χ1n) is 7.82. The summed E-state index contributed by atoms with van der Waals surface area (Å²) < 4.78 is 0.534. The average Bonchev–Trinajstić information content (AvgIpc) is 2.34. The highest BCUT2D eigenvalue weighted by molar-refractivity contribution is 5.73. The minimum atomic E-state index is -0.983. The number of carbonyl (C=O) groups is 1. The van der Waals surface area contributed by atoms with Gasteiger partial charge in [-0.25, -0.2) is 0 Å². The molecule has 4 heteroatoms. The van der Waals surface area contributed by atoms with Gasteiger partial charge in [0.1, 0.15) is 18.6 Å². The second kappa shape index (κ2) is 10.6. The van der Waals surface area contributed by atoms with Crippen LogP contribution in [0.15, 0.2) is 24.3 Å². The lowest BCUT2D eigenvalue weighted by Crippen LogP contribution is -2.45. The third-order valence-electron chi connectivity index (χ3n) is 3.22. The van der Waals surface area contributed by atoms with E-state index in [9.17, 15) is 15.0 Å². The number of nitrogens with zero attached hydrogens (tertiary/aromatic N) is 1. The van der Waals surface area contributed by atoms with Crippen LogP contribution in [-0.4, -0.2) is 54.5 Å². The zero-order valence-electron chi connectivity index (χ0n) is 14.0. The molecule has 0 aliphatic rings. The van der Waals surface area contributed by atoms with Crippen molar-refractivity contribution >= 4 is 5.97 Å². The molecule has 4 nitrogen and oxygen atoms in total. The highest BCUT2D eigenvalue weighted by Crippen LogP contribution is 2.10. The van der Waals surface area contributed by atoms with Gasteiger partial charge in [-0.1, -0.05) is 50.5 Å². The second-order valence-electron chi connectivity index (χ2n) is 6.57. The molecule has 0 aromatic rings. The number of aliphatic carboxylic acids is 1. The van der Waals surface area contributed by atoms with Crippen LogP contribution in [0.5, 0.6) is 0 Å². The average molecular weight is 298 g/mol. The molecule has 0 bridgehead atoms. The molecule has 0 amide bonds. The number of aliphatic hydroxyl groups excluding tert-OH is 1. The van der Waals surface area contributed by atoms with Crippen LogP contribution in [-0.2, 0) is 4.79 Å². The second-order valence-corrected chi connectivity index (χ2v) is 6.57. The van der Waals surface area contributed by atoms with E-state index in [-0.39, 0.29) is 0 Å². The Morgan fingerprint density at radius 3 is 2.33 bits per heavy atom. The molecule has 0 saturated heterocycles. The summed E-state index contributed by atoms with van der Waals surface area (Å²) in [6, 6.07) is 0.